The average molecular weight is 399 g/mol. The van der Waals surface area contributed by atoms with Gasteiger partial charge in [0.2, 0.25) is 0 Å². The standard InChI is InChI=1S/C21H18FNO4S/c1-28(25,26)19-11-16(22)9-8-15(19)10-14-4-2-3-5-17(14)20(24)18-12-23-27-21(18)13-6-7-13/h2-5,8-9,11-13H,6-7,10H2,1H3. The minimum atomic E-state index is -3.61. The van der Waals surface area contributed by atoms with Gasteiger partial charge < -0.3 is 4.52 Å². The molecule has 0 bridgehead atoms. The molecule has 1 aliphatic carbocycles. The van der Waals surface area contributed by atoms with Crippen molar-refractivity contribution in [3.8, 4) is 0 Å². The van der Waals surface area contributed by atoms with Gasteiger partial charge in [-0.15, -0.1) is 0 Å². The summed E-state index contributed by atoms with van der Waals surface area (Å²) < 4.78 is 43.0. The molecule has 1 fully saturated rings. The van der Waals surface area contributed by atoms with Crippen LogP contribution in [-0.4, -0.2) is 25.6 Å². The van der Waals surface area contributed by atoms with Crippen LogP contribution in [0, 0.1) is 5.82 Å². The summed E-state index contributed by atoms with van der Waals surface area (Å²) in [5.41, 5.74) is 2.00. The summed E-state index contributed by atoms with van der Waals surface area (Å²) in [5.74, 6) is 0.0230. The highest BCUT2D eigenvalue weighted by molar-refractivity contribution is 7.90. The lowest BCUT2D eigenvalue weighted by molar-refractivity contribution is 0.103. The molecule has 2 aromatic carbocycles. The number of sulfone groups is 1. The van der Waals surface area contributed by atoms with Crippen LogP contribution in [0.25, 0.3) is 0 Å². The monoisotopic (exact) mass is 399 g/mol. The van der Waals surface area contributed by atoms with E-state index in [1.807, 2.05) is 0 Å². The molecule has 0 N–H and O–H groups in total. The second kappa shape index (κ2) is 6.98. The van der Waals surface area contributed by atoms with Crippen molar-refractivity contribution in [2.75, 3.05) is 6.26 Å². The minimum absolute atomic E-state index is 0.0709. The van der Waals surface area contributed by atoms with Crippen LogP contribution in [0.3, 0.4) is 0 Å². The smallest absolute Gasteiger partial charge is 0.198 e. The third kappa shape index (κ3) is 3.62. The third-order valence-corrected chi connectivity index (χ3v) is 6.04. The molecule has 0 unspecified atom stereocenters. The Labute approximate surface area is 162 Å². The Morgan fingerprint density at radius 2 is 1.89 bits per heavy atom. The van der Waals surface area contributed by atoms with E-state index in [0.717, 1.165) is 25.2 Å². The first-order chi connectivity index (χ1) is 13.3. The second-order valence-electron chi connectivity index (χ2n) is 7.07. The topological polar surface area (TPSA) is 77.2 Å². The molecule has 0 spiro atoms. The van der Waals surface area contributed by atoms with Gasteiger partial charge in [0.05, 0.1) is 16.7 Å². The van der Waals surface area contributed by atoms with E-state index in [-0.39, 0.29) is 23.0 Å². The molecule has 0 radical (unpaired) electrons. The first kappa shape index (κ1) is 18.6. The quantitative estimate of drug-likeness (QED) is 0.587. The number of nitrogens with zero attached hydrogens (tertiary/aromatic N) is 1. The van der Waals surface area contributed by atoms with Gasteiger partial charge in [0.15, 0.2) is 21.4 Å². The number of aromatic nitrogens is 1. The van der Waals surface area contributed by atoms with Gasteiger partial charge in [0, 0.05) is 17.7 Å². The number of benzene rings is 2. The predicted molar refractivity (Wildman–Crippen MR) is 101 cm³/mol. The van der Waals surface area contributed by atoms with Crippen molar-refractivity contribution in [2.24, 2.45) is 0 Å². The Morgan fingerprint density at radius 3 is 2.61 bits per heavy atom. The maximum absolute atomic E-state index is 13.6. The van der Waals surface area contributed by atoms with Crippen molar-refractivity contribution in [3.63, 3.8) is 0 Å². The van der Waals surface area contributed by atoms with Gasteiger partial charge in [-0.05, 0) is 42.5 Å². The van der Waals surface area contributed by atoms with Gasteiger partial charge in [-0.2, -0.15) is 0 Å². The van der Waals surface area contributed by atoms with Crippen LogP contribution >= 0.6 is 0 Å². The number of carbonyl (C=O) groups excluding carboxylic acids is 1. The number of halogens is 1. The van der Waals surface area contributed by atoms with Crippen molar-refractivity contribution in [2.45, 2.75) is 30.1 Å². The van der Waals surface area contributed by atoms with Gasteiger partial charge in [-0.3, -0.25) is 4.79 Å². The number of ketones is 1. The first-order valence-corrected chi connectivity index (χ1v) is 10.8. The largest absolute Gasteiger partial charge is 0.360 e. The van der Waals surface area contributed by atoms with Crippen molar-refractivity contribution in [3.05, 3.63) is 82.5 Å². The Bertz CT molecular complexity index is 1160. The Hall–Kier alpha value is -2.80. The van der Waals surface area contributed by atoms with E-state index in [9.17, 15) is 17.6 Å². The Kier molecular flexibility index (Phi) is 4.63. The summed E-state index contributed by atoms with van der Waals surface area (Å²) in [6.45, 7) is 0. The molecule has 4 rings (SSSR count). The van der Waals surface area contributed by atoms with Crippen LogP contribution < -0.4 is 0 Å². The highest BCUT2D eigenvalue weighted by Gasteiger charge is 2.33. The molecule has 1 saturated carbocycles. The molecule has 7 heteroatoms. The van der Waals surface area contributed by atoms with Crippen LogP contribution in [0.4, 0.5) is 4.39 Å². The fraction of sp³-hybridized carbons (Fsp3) is 0.238. The van der Waals surface area contributed by atoms with Gasteiger partial charge in [-0.25, -0.2) is 12.8 Å². The molecule has 144 valence electrons. The highest BCUT2D eigenvalue weighted by Crippen LogP contribution is 2.42. The molecular weight excluding hydrogens is 381 g/mol. The van der Waals surface area contributed by atoms with E-state index in [1.165, 1.54) is 18.3 Å². The van der Waals surface area contributed by atoms with Crippen molar-refractivity contribution >= 4 is 15.6 Å². The van der Waals surface area contributed by atoms with Gasteiger partial charge in [-0.1, -0.05) is 35.5 Å². The van der Waals surface area contributed by atoms with E-state index in [4.69, 9.17) is 4.52 Å². The van der Waals surface area contributed by atoms with Crippen molar-refractivity contribution in [1.29, 1.82) is 0 Å². The zero-order valence-corrected chi connectivity index (χ0v) is 16.0. The average Bonchev–Trinajstić information content (AvgIpc) is 3.39. The van der Waals surface area contributed by atoms with Crippen LogP contribution in [-0.2, 0) is 16.3 Å². The lowest BCUT2D eigenvalue weighted by Crippen LogP contribution is -2.09. The number of carbonyl (C=O) groups is 1. The van der Waals surface area contributed by atoms with E-state index in [1.54, 1.807) is 24.3 Å². The molecule has 1 heterocycles. The van der Waals surface area contributed by atoms with E-state index < -0.39 is 15.7 Å². The van der Waals surface area contributed by atoms with E-state index in [2.05, 4.69) is 5.16 Å². The zero-order chi connectivity index (χ0) is 19.9. The van der Waals surface area contributed by atoms with Gasteiger partial charge in [0.25, 0.3) is 0 Å². The molecule has 28 heavy (non-hydrogen) atoms. The van der Waals surface area contributed by atoms with Crippen molar-refractivity contribution in [1.82, 2.24) is 5.16 Å². The maximum atomic E-state index is 13.6. The predicted octanol–water partition coefficient (Wildman–Crippen LogP) is 3.92. The third-order valence-electron chi connectivity index (χ3n) is 4.86. The molecule has 0 amide bonds. The summed E-state index contributed by atoms with van der Waals surface area (Å²) in [6, 6.07) is 10.7. The molecule has 0 aliphatic heterocycles. The lowest BCUT2D eigenvalue weighted by Gasteiger charge is -2.12. The fourth-order valence-corrected chi connectivity index (χ4v) is 4.27. The molecular formula is C21H18FNO4S. The summed E-state index contributed by atoms with van der Waals surface area (Å²) in [5, 5.41) is 3.78. The number of hydrogen-bond donors (Lipinski definition) is 0. The van der Waals surface area contributed by atoms with Gasteiger partial charge in [0.1, 0.15) is 5.82 Å². The normalized spacial score (nSPS) is 14.2. The molecule has 3 aromatic rings. The summed E-state index contributed by atoms with van der Waals surface area (Å²) in [7, 11) is -3.61. The number of rotatable bonds is 6. The van der Waals surface area contributed by atoms with Crippen molar-refractivity contribution < 1.29 is 22.1 Å². The summed E-state index contributed by atoms with van der Waals surface area (Å²) in [4.78, 5) is 13.1. The van der Waals surface area contributed by atoms with Gasteiger partial charge >= 0.3 is 0 Å². The molecule has 0 saturated heterocycles. The van der Waals surface area contributed by atoms with Crippen LogP contribution in [0.2, 0.25) is 0 Å². The Balaban J connectivity index is 1.74. The minimum Gasteiger partial charge on any atom is -0.360 e. The fourth-order valence-electron chi connectivity index (χ4n) is 3.32. The first-order valence-electron chi connectivity index (χ1n) is 8.90. The summed E-state index contributed by atoms with van der Waals surface area (Å²) in [6.07, 6.45) is 4.62. The molecule has 0 atom stereocenters. The van der Waals surface area contributed by atoms with Crippen LogP contribution in [0.15, 0.2) is 58.1 Å². The molecule has 5 nitrogen and oxygen atoms in total. The SMILES string of the molecule is CS(=O)(=O)c1cc(F)ccc1Cc1ccccc1C(=O)c1cnoc1C1CC1. The zero-order valence-electron chi connectivity index (χ0n) is 15.2. The highest BCUT2D eigenvalue weighted by atomic mass is 32.2. The van der Waals surface area contributed by atoms with E-state index in [0.29, 0.717) is 28.0 Å². The maximum Gasteiger partial charge on any atom is 0.198 e. The lowest BCUT2D eigenvalue weighted by atomic mass is 9.94. The molecule has 1 aromatic heterocycles. The van der Waals surface area contributed by atoms with Crippen LogP contribution in [0.5, 0.6) is 0 Å². The Morgan fingerprint density at radius 1 is 1.14 bits per heavy atom. The number of hydrogen-bond acceptors (Lipinski definition) is 5. The second-order valence-corrected chi connectivity index (χ2v) is 9.05. The van der Waals surface area contributed by atoms with Crippen LogP contribution in [0.1, 0.15) is 51.6 Å². The summed E-state index contributed by atoms with van der Waals surface area (Å²) >= 11 is 0. The van der Waals surface area contributed by atoms with E-state index >= 15 is 0 Å². The molecule has 1 aliphatic rings.